The third-order valence-electron chi connectivity index (χ3n) is 8.50. The number of halogens is 2. The quantitative estimate of drug-likeness (QED) is 0.202. The summed E-state index contributed by atoms with van der Waals surface area (Å²) < 4.78 is 33.3. The fraction of sp³-hybridized carbons (Fsp3) is 0. The van der Waals surface area contributed by atoms with Gasteiger partial charge in [0.25, 0.3) is 0 Å². The predicted molar refractivity (Wildman–Crippen MR) is 179 cm³/mol. The molecule has 5 nitrogen and oxygen atoms in total. The molecule has 0 unspecified atom stereocenters. The molecule has 0 atom stereocenters. The van der Waals surface area contributed by atoms with Gasteiger partial charge in [-0.25, -0.2) is 13.8 Å². The number of benzene rings is 6. The van der Waals surface area contributed by atoms with E-state index in [2.05, 4.69) is 24.3 Å². The average molecular weight is 600 g/mol. The first kappa shape index (κ1) is 26.2. The molecule has 0 fully saturated rings. The van der Waals surface area contributed by atoms with Crippen LogP contribution in [0.2, 0.25) is 0 Å². The van der Waals surface area contributed by atoms with Gasteiger partial charge >= 0.3 is 0 Å². The summed E-state index contributed by atoms with van der Waals surface area (Å²) in [5, 5.41) is 3.97. The Morgan fingerprint density at radius 2 is 0.935 bits per heavy atom. The molecule has 0 saturated carbocycles. The van der Waals surface area contributed by atoms with Crippen LogP contribution in [-0.4, -0.2) is 24.1 Å². The number of hydrogen-bond donors (Lipinski definition) is 0. The Hall–Kier alpha value is -6.21. The van der Waals surface area contributed by atoms with Crippen LogP contribution >= 0.6 is 0 Å². The van der Waals surface area contributed by atoms with Crippen molar-refractivity contribution >= 4 is 43.6 Å². The number of fused-ring (bicyclic) bond motifs is 6. The highest BCUT2D eigenvalue weighted by atomic mass is 19.1. The van der Waals surface area contributed by atoms with Crippen molar-refractivity contribution in [3.8, 4) is 34.4 Å². The molecular formula is C39H23F2N5. The van der Waals surface area contributed by atoms with Crippen LogP contribution in [0, 0.1) is 11.6 Å². The third-order valence-corrected chi connectivity index (χ3v) is 8.50. The van der Waals surface area contributed by atoms with Gasteiger partial charge in [0.2, 0.25) is 5.95 Å². The lowest BCUT2D eigenvalue weighted by atomic mass is 10.1. The Morgan fingerprint density at radius 3 is 1.52 bits per heavy atom. The third kappa shape index (κ3) is 4.02. The van der Waals surface area contributed by atoms with Crippen molar-refractivity contribution in [2.75, 3.05) is 0 Å². The van der Waals surface area contributed by atoms with E-state index in [0.29, 0.717) is 17.6 Å². The number of rotatable bonds is 4. The molecule has 218 valence electrons. The normalized spacial score (nSPS) is 11.7. The van der Waals surface area contributed by atoms with Gasteiger partial charge in [0, 0.05) is 38.7 Å². The second-order valence-corrected chi connectivity index (χ2v) is 11.2. The highest BCUT2D eigenvalue weighted by molar-refractivity contribution is 6.19. The maximum Gasteiger partial charge on any atom is 0.238 e. The summed E-state index contributed by atoms with van der Waals surface area (Å²) >= 11 is 0. The number of nitrogens with zero attached hydrogens (tertiary/aromatic N) is 5. The lowest BCUT2D eigenvalue weighted by Gasteiger charge is -2.12. The Bertz CT molecular complexity index is 2550. The molecule has 0 saturated heterocycles. The molecule has 3 aromatic heterocycles. The van der Waals surface area contributed by atoms with Gasteiger partial charge in [-0.15, -0.1) is 0 Å². The van der Waals surface area contributed by atoms with Crippen molar-refractivity contribution in [1.29, 1.82) is 0 Å². The van der Waals surface area contributed by atoms with Gasteiger partial charge in [-0.05, 0) is 36.4 Å². The number of para-hydroxylation sites is 2. The molecule has 0 amide bonds. The fourth-order valence-electron chi connectivity index (χ4n) is 6.47. The van der Waals surface area contributed by atoms with Crippen LogP contribution in [0.3, 0.4) is 0 Å². The molecule has 0 aliphatic carbocycles. The zero-order valence-electron chi connectivity index (χ0n) is 24.3. The maximum atomic E-state index is 15.4. The fourth-order valence-corrected chi connectivity index (χ4v) is 6.47. The highest BCUT2D eigenvalue weighted by Crippen LogP contribution is 2.39. The smallest absolute Gasteiger partial charge is 0.238 e. The predicted octanol–water partition coefficient (Wildman–Crippen LogP) is 9.68. The minimum Gasteiger partial charge on any atom is -0.306 e. The van der Waals surface area contributed by atoms with E-state index in [4.69, 9.17) is 15.0 Å². The van der Waals surface area contributed by atoms with E-state index in [0.717, 1.165) is 60.8 Å². The van der Waals surface area contributed by atoms with Crippen molar-refractivity contribution in [2.24, 2.45) is 0 Å². The highest BCUT2D eigenvalue weighted by Gasteiger charge is 2.21. The summed E-state index contributed by atoms with van der Waals surface area (Å²) in [5.41, 5.74) is 5.40. The minimum absolute atomic E-state index is 0.271. The van der Waals surface area contributed by atoms with E-state index in [1.807, 2.05) is 106 Å². The summed E-state index contributed by atoms with van der Waals surface area (Å²) in [7, 11) is 0. The molecule has 0 aliphatic rings. The van der Waals surface area contributed by atoms with Crippen molar-refractivity contribution in [1.82, 2.24) is 24.1 Å². The van der Waals surface area contributed by atoms with E-state index < -0.39 is 11.6 Å². The standard InChI is InChI=1S/C39H23F2N5/c40-26-19-20-34(31(41)21-26)45-32-17-9-7-15-27(32)29-22-30-28-16-8-10-18-33(28)46(36(30)23-35(29)45)39-43-37(24-11-3-1-4-12-24)42-38(44-39)25-13-5-2-6-14-25/h1-23H. The maximum absolute atomic E-state index is 15.4. The lowest BCUT2D eigenvalue weighted by Crippen LogP contribution is -2.06. The van der Waals surface area contributed by atoms with Gasteiger partial charge in [-0.1, -0.05) is 97.1 Å². The molecule has 9 rings (SSSR count). The largest absolute Gasteiger partial charge is 0.306 e. The molecule has 7 heteroatoms. The molecule has 0 aliphatic heterocycles. The molecule has 46 heavy (non-hydrogen) atoms. The van der Waals surface area contributed by atoms with Crippen molar-refractivity contribution in [3.05, 3.63) is 151 Å². The van der Waals surface area contributed by atoms with Crippen LogP contribution in [0.4, 0.5) is 8.78 Å². The molecule has 0 spiro atoms. The van der Waals surface area contributed by atoms with Crippen LogP contribution in [0.5, 0.6) is 0 Å². The Kier molecular flexibility index (Phi) is 5.80. The topological polar surface area (TPSA) is 48.5 Å². The zero-order valence-corrected chi connectivity index (χ0v) is 24.3. The minimum atomic E-state index is -0.638. The van der Waals surface area contributed by atoms with Gasteiger partial charge in [0.15, 0.2) is 11.6 Å². The summed E-state index contributed by atoms with van der Waals surface area (Å²) in [6.07, 6.45) is 0. The van der Waals surface area contributed by atoms with E-state index in [9.17, 15) is 4.39 Å². The Balaban J connectivity index is 1.41. The lowest BCUT2D eigenvalue weighted by molar-refractivity contribution is 0.579. The summed E-state index contributed by atoms with van der Waals surface area (Å²) in [5.74, 6) is 0.315. The summed E-state index contributed by atoms with van der Waals surface area (Å²) in [4.78, 5) is 14.9. The molecule has 3 heterocycles. The second kappa shape index (κ2) is 10.2. The van der Waals surface area contributed by atoms with Gasteiger partial charge in [-0.3, -0.25) is 4.57 Å². The van der Waals surface area contributed by atoms with Crippen LogP contribution < -0.4 is 0 Å². The SMILES string of the molecule is Fc1ccc(-n2c3ccccc3c3cc4c5ccccc5n(-c5nc(-c6ccccc6)nc(-c6ccccc6)n5)c4cc32)c(F)c1. The first-order valence-electron chi connectivity index (χ1n) is 14.9. The van der Waals surface area contributed by atoms with Gasteiger partial charge in [-0.2, -0.15) is 9.97 Å². The van der Waals surface area contributed by atoms with E-state index in [-0.39, 0.29) is 5.69 Å². The first-order valence-corrected chi connectivity index (χ1v) is 14.9. The van der Waals surface area contributed by atoms with Crippen LogP contribution in [-0.2, 0) is 0 Å². The van der Waals surface area contributed by atoms with Crippen LogP contribution in [0.1, 0.15) is 0 Å². The second-order valence-electron chi connectivity index (χ2n) is 11.2. The zero-order chi connectivity index (χ0) is 30.8. The Labute approximate surface area is 261 Å². The Morgan fingerprint density at radius 1 is 0.413 bits per heavy atom. The molecule has 0 radical (unpaired) electrons. The summed E-state index contributed by atoms with van der Waals surface area (Å²) in [6, 6.07) is 43.7. The van der Waals surface area contributed by atoms with E-state index in [1.54, 1.807) is 0 Å². The molecule has 9 aromatic rings. The number of hydrogen-bond acceptors (Lipinski definition) is 3. The number of aromatic nitrogens is 5. The average Bonchev–Trinajstić information content (AvgIpc) is 3.60. The van der Waals surface area contributed by atoms with Crippen molar-refractivity contribution in [3.63, 3.8) is 0 Å². The van der Waals surface area contributed by atoms with Gasteiger partial charge in [0.1, 0.15) is 11.6 Å². The molecule has 6 aromatic carbocycles. The van der Waals surface area contributed by atoms with Gasteiger partial charge < -0.3 is 4.57 Å². The van der Waals surface area contributed by atoms with Crippen LogP contribution in [0.15, 0.2) is 140 Å². The summed E-state index contributed by atoms with van der Waals surface area (Å²) in [6.45, 7) is 0. The monoisotopic (exact) mass is 599 g/mol. The molecule has 0 N–H and O–H groups in total. The van der Waals surface area contributed by atoms with Crippen LogP contribution in [0.25, 0.3) is 78.0 Å². The van der Waals surface area contributed by atoms with Crippen molar-refractivity contribution in [2.45, 2.75) is 0 Å². The molecular weight excluding hydrogens is 576 g/mol. The van der Waals surface area contributed by atoms with Crippen molar-refractivity contribution < 1.29 is 8.78 Å². The van der Waals surface area contributed by atoms with Gasteiger partial charge in [0.05, 0.1) is 27.8 Å². The molecule has 0 bridgehead atoms. The first-order chi connectivity index (χ1) is 22.6. The van der Waals surface area contributed by atoms with E-state index in [1.165, 1.54) is 12.1 Å². The van der Waals surface area contributed by atoms with E-state index >= 15 is 4.39 Å².